The van der Waals surface area contributed by atoms with Gasteiger partial charge in [0.05, 0.1) is 9.49 Å². The molecule has 0 atom stereocenters. The van der Waals surface area contributed by atoms with Crippen molar-refractivity contribution in [3.63, 3.8) is 0 Å². The Labute approximate surface area is 102 Å². The van der Waals surface area contributed by atoms with Crippen LogP contribution in [0.3, 0.4) is 0 Å². The Kier molecular flexibility index (Phi) is 5.33. The molecule has 2 nitrogen and oxygen atoms in total. The highest BCUT2D eigenvalue weighted by Gasteiger charge is 2.34. The zero-order chi connectivity index (χ0) is 11.6. The van der Waals surface area contributed by atoms with Crippen LogP contribution in [0.25, 0.3) is 0 Å². The Morgan fingerprint density at radius 3 is 1.21 bits per heavy atom. The Balaban J connectivity index is 4.32. The van der Waals surface area contributed by atoms with Gasteiger partial charge in [-0.1, -0.05) is 21.6 Å². The highest BCUT2D eigenvalue weighted by molar-refractivity contribution is 8.78. The first-order chi connectivity index (χ1) is 6.09. The van der Waals surface area contributed by atoms with Gasteiger partial charge in [0.2, 0.25) is 10.5 Å². The van der Waals surface area contributed by atoms with Crippen LogP contribution in [0.4, 0.5) is 0 Å². The van der Waals surface area contributed by atoms with E-state index in [1.54, 1.807) is 27.7 Å². The predicted molar refractivity (Wildman–Crippen MR) is 65.1 cm³/mol. The van der Waals surface area contributed by atoms with Crippen molar-refractivity contribution < 1.29 is 9.59 Å². The average molecular weight is 275 g/mol. The molecular formula is C8H12Cl2O2S2. The van der Waals surface area contributed by atoms with E-state index in [0.29, 0.717) is 0 Å². The number of hydrogen-bond donors (Lipinski definition) is 0. The molecule has 0 aromatic rings. The van der Waals surface area contributed by atoms with Gasteiger partial charge in [-0.2, -0.15) is 0 Å². The molecule has 0 aliphatic carbocycles. The van der Waals surface area contributed by atoms with Crippen molar-refractivity contribution in [3.05, 3.63) is 0 Å². The minimum atomic E-state index is -0.712. The average Bonchev–Trinajstić information content (AvgIpc) is 2.01. The van der Waals surface area contributed by atoms with E-state index in [1.165, 1.54) is 21.6 Å². The monoisotopic (exact) mass is 274 g/mol. The highest BCUT2D eigenvalue weighted by atomic mass is 35.5. The largest absolute Gasteiger partial charge is 0.280 e. The van der Waals surface area contributed by atoms with Gasteiger partial charge >= 0.3 is 0 Å². The maximum Gasteiger partial charge on any atom is 0.238 e. The standard InChI is InChI=1S/C8H12Cl2O2S2/c1-7(2,5(9)11)13-14-8(3,4)6(10)12/h1-4H3. The number of carbonyl (C=O) groups excluding carboxylic acids is 2. The van der Waals surface area contributed by atoms with Crippen molar-refractivity contribution in [2.45, 2.75) is 37.2 Å². The van der Waals surface area contributed by atoms with Crippen LogP contribution in [0.5, 0.6) is 0 Å². The second kappa shape index (κ2) is 5.10. The normalized spacial score (nSPS) is 12.7. The van der Waals surface area contributed by atoms with Crippen LogP contribution in [-0.2, 0) is 9.59 Å². The molecule has 0 radical (unpaired) electrons. The fourth-order valence-electron chi connectivity index (χ4n) is 0.274. The molecule has 14 heavy (non-hydrogen) atoms. The van der Waals surface area contributed by atoms with E-state index in [-0.39, 0.29) is 0 Å². The molecule has 0 aromatic carbocycles. The zero-order valence-electron chi connectivity index (χ0n) is 8.39. The van der Waals surface area contributed by atoms with Gasteiger partial charge in [0.15, 0.2) is 0 Å². The summed E-state index contributed by atoms with van der Waals surface area (Å²) in [5.74, 6) is 0. The van der Waals surface area contributed by atoms with Gasteiger partial charge in [-0.15, -0.1) is 0 Å². The van der Waals surface area contributed by atoms with Crippen molar-refractivity contribution in [2.24, 2.45) is 0 Å². The third kappa shape index (κ3) is 4.43. The van der Waals surface area contributed by atoms with Gasteiger partial charge in [0.1, 0.15) is 0 Å². The molecular weight excluding hydrogens is 263 g/mol. The van der Waals surface area contributed by atoms with E-state index in [0.717, 1.165) is 0 Å². The summed E-state index contributed by atoms with van der Waals surface area (Å²) < 4.78 is -1.42. The molecule has 0 fully saturated rings. The Morgan fingerprint density at radius 2 is 1.07 bits per heavy atom. The molecule has 82 valence electrons. The first-order valence-corrected chi connectivity index (χ1v) is 6.77. The molecule has 0 rings (SSSR count). The van der Waals surface area contributed by atoms with E-state index >= 15 is 0 Å². The minimum Gasteiger partial charge on any atom is -0.280 e. The van der Waals surface area contributed by atoms with Gasteiger partial charge in [0.25, 0.3) is 0 Å². The Bertz CT molecular complexity index is 226. The summed E-state index contributed by atoms with van der Waals surface area (Å²) in [6, 6.07) is 0. The van der Waals surface area contributed by atoms with Crippen LogP contribution in [0, 0.1) is 0 Å². The molecule has 0 bridgehead atoms. The molecule has 6 heteroatoms. The van der Waals surface area contributed by atoms with Crippen molar-refractivity contribution in [2.75, 3.05) is 0 Å². The molecule has 0 spiro atoms. The lowest BCUT2D eigenvalue weighted by Gasteiger charge is -2.24. The summed E-state index contributed by atoms with van der Waals surface area (Å²) >= 11 is 10.8. The van der Waals surface area contributed by atoms with Gasteiger partial charge in [0, 0.05) is 0 Å². The quantitative estimate of drug-likeness (QED) is 0.568. The summed E-state index contributed by atoms with van der Waals surface area (Å²) in [5.41, 5.74) is 0. The first-order valence-electron chi connectivity index (χ1n) is 3.86. The minimum absolute atomic E-state index is 0.437. The van der Waals surface area contributed by atoms with E-state index in [4.69, 9.17) is 23.2 Å². The molecule has 0 aliphatic heterocycles. The second-order valence-electron chi connectivity index (χ2n) is 3.73. The summed E-state index contributed by atoms with van der Waals surface area (Å²) in [4.78, 5) is 21.9. The Hall–Kier alpha value is 0.620. The van der Waals surface area contributed by atoms with Crippen molar-refractivity contribution in [1.82, 2.24) is 0 Å². The van der Waals surface area contributed by atoms with Gasteiger partial charge in [-0.3, -0.25) is 9.59 Å². The fraction of sp³-hybridized carbons (Fsp3) is 0.750. The summed E-state index contributed by atoms with van der Waals surface area (Å²) in [5, 5.41) is -0.874. The van der Waals surface area contributed by atoms with Crippen LogP contribution < -0.4 is 0 Å². The summed E-state index contributed by atoms with van der Waals surface area (Å²) in [7, 11) is 2.50. The number of rotatable bonds is 5. The molecule has 0 heterocycles. The third-order valence-corrected chi connectivity index (χ3v) is 6.61. The predicted octanol–water partition coefficient (Wildman–Crippen LogP) is 3.46. The molecule has 0 aromatic heterocycles. The molecule has 0 unspecified atom stereocenters. The Morgan fingerprint density at radius 1 is 0.857 bits per heavy atom. The maximum atomic E-state index is 11.0. The first kappa shape index (κ1) is 14.6. The topological polar surface area (TPSA) is 34.1 Å². The fourth-order valence-corrected chi connectivity index (χ4v) is 3.03. The van der Waals surface area contributed by atoms with E-state index in [1.807, 2.05) is 0 Å². The zero-order valence-corrected chi connectivity index (χ0v) is 11.5. The number of carbonyl (C=O) groups is 2. The van der Waals surface area contributed by atoms with Crippen LogP contribution in [0.2, 0.25) is 0 Å². The van der Waals surface area contributed by atoms with Crippen LogP contribution >= 0.6 is 44.8 Å². The smallest absolute Gasteiger partial charge is 0.238 e. The number of halogens is 2. The van der Waals surface area contributed by atoms with Crippen LogP contribution in [0.15, 0.2) is 0 Å². The third-order valence-electron chi connectivity index (χ3n) is 1.41. The highest BCUT2D eigenvalue weighted by Crippen LogP contribution is 2.45. The molecule has 0 amide bonds. The van der Waals surface area contributed by atoms with E-state index < -0.39 is 20.0 Å². The van der Waals surface area contributed by atoms with E-state index in [9.17, 15) is 9.59 Å². The lowest BCUT2D eigenvalue weighted by atomic mass is 10.2. The molecule has 0 saturated heterocycles. The van der Waals surface area contributed by atoms with Gasteiger partial charge in [-0.25, -0.2) is 0 Å². The second-order valence-corrected chi connectivity index (χ2v) is 7.80. The summed E-state index contributed by atoms with van der Waals surface area (Å²) in [6.45, 7) is 6.81. The lowest BCUT2D eigenvalue weighted by Crippen LogP contribution is -2.26. The SMILES string of the molecule is CC(C)(SSC(C)(C)C(=O)Cl)C(=O)Cl. The number of hydrogen-bond acceptors (Lipinski definition) is 4. The summed E-state index contributed by atoms with van der Waals surface area (Å²) in [6.07, 6.45) is 0. The van der Waals surface area contributed by atoms with Crippen molar-refractivity contribution in [1.29, 1.82) is 0 Å². The van der Waals surface area contributed by atoms with Crippen LogP contribution in [-0.4, -0.2) is 20.0 Å². The molecule has 0 saturated carbocycles. The molecule has 0 N–H and O–H groups in total. The van der Waals surface area contributed by atoms with Crippen molar-refractivity contribution in [3.8, 4) is 0 Å². The van der Waals surface area contributed by atoms with Crippen molar-refractivity contribution >= 4 is 55.3 Å². The van der Waals surface area contributed by atoms with Gasteiger partial charge in [-0.05, 0) is 50.9 Å². The van der Waals surface area contributed by atoms with Crippen LogP contribution in [0.1, 0.15) is 27.7 Å². The lowest BCUT2D eigenvalue weighted by molar-refractivity contribution is -0.113. The molecule has 0 aliphatic rings. The maximum absolute atomic E-state index is 11.0. The van der Waals surface area contributed by atoms with E-state index in [2.05, 4.69) is 0 Å². The van der Waals surface area contributed by atoms with Gasteiger partial charge < -0.3 is 0 Å².